The number of rotatable bonds is 6. The molecular weight excluding hydrogens is 294 g/mol. The summed E-state index contributed by atoms with van der Waals surface area (Å²) in [6.45, 7) is 9.18. The maximum absolute atomic E-state index is 6.13. The van der Waals surface area contributed by atoms with E-state index in [1.807, 2.05) is 37.3 Å². The maximum atomic E-state index is 6.13. The van der Waals surface area contributed by atoms with Crippen molar-refractivity contribution in [3.8, 4) is 5.75 Å². The van der Waals surface area contributed by atoms with E-state index in [-0.39, 0.29) is 6.10 Å². The molecule has 0 bridgehead atoms. The van der Waals surface area contributed by atoms with Gasteiger partial charge in [-0.3, -0.25) is 0 Å². The Balaban J connectivity index is 1.90. The van der Waals surface area contributed by atoms with Crippen LogP contribution < -0.4 is 10.1 Å². The third kappa shape index (κ3) is 4.41. The van der Waals surface area contributed by atoms with Crippen molar-refractivity contribution in [2.75, 3.05) is 11.9 Å². The summed E-state index contributed by atoms with van der Waals surface area (Å²) in [4.78, 5) is 0. The summed E-state index contributed by atoms with van der Waals surface area (Å²) in [5.74, 6) is 1.44. The second kappa shape index (κ2) is 7.55. The zero-order valence-corrected chi connectivity index (χ0v) is 14.4. The van der Waals surface area contributed by atoms with E-state index in [2.05, 4.69) is 38.2 Å². The van der Waals surface area contributed by atoms with E-state index < -0.39 is 0 Å². The molecule has 0 radical (unpaired) electrons. The molecule has 22 heavy (non-hydrogen) atoms. The second-order valence-electron chi connectivity index (χ2n) is 5.95. The summed E-state index contributed by atoms with van der Waals surface area (Å²) >= 11 is 6.13. The molecule has 3 heteroatoms. The molecule has 1 unspecified atom stereocenters. The third-order valence-corrected chi connectivity index (χ3v) is 4.14. The smallest absolute Gasteiger partial charge is 0.119 e. The van der Waals surface area contributed by atoms with Crippen LogP contribution in [0.15, 0.2) is 42.5 Å². The van der Waals surface area contributed by atoms with Crippen molar-refractivity contribution >= 4 is 17.3 Å². The molecular formula is C19H24ClNO. The molecule has 0 amide bonds. The van der Waals surface area contributed by atoms with Gasteiger partial charge in [-0.25, -0.2) is 0 Å². The molecule has 2 rings (SSSR count). The van der Waals surface area contributed by atoms with E-state index in [9.17, 15) is 0 Å². The fourth-order valence-corrected chi connectivity index (χ4v) is 2.43. The van der Waals surface area contributed by atoms with Gasteiger partial charge in [-0.15, -0.1) is 0 Å². The molecule has 118 valence electrons. The van der Waals surface area contributed by atoms with Gasteiger partial charge in [0.2, 0.25) is 0 Å². The summed E-state index contributed by atoms with van der Waals surface area (Å²) in [6, 6.07) is 14.2. The van der Waals surface area contributed by atoms with Crippen molar-refractivity contribution in [3.05, 3.63) is 58.6 Å². The van der Waals surface area contributed by atoms with Crippen LogP contribution in [0.1, 0.15) is 37.8 Å². The summed E-state index contributed by atoms with van der Waals surface area (Å²) in [5, 5.41) is 4.17. The minimum Gasteiger partial charge on any atom is -0.489 e. The minimum atomic E-state index is 0.0725. The maximum Gasteiger partial charge on any atom is 0.119 e. The average Bonchev–Trinajstić information content (AvgIpc) is 2.49. The first-order valence-electron chi connectivity index (χ1n) is 7.73. The van der Waals surface area contributed by atoms with Gasteiger partial charge in [0, 0.05) is 10.7 Å². The molecule has 2 nitrogen and oxygen atoms in total. The Kier molecular flexibility index (Phi) is 5.73. The molecule has 0 aliphatic heterocycles. The Morgan fingerprint density at radius 2 is 1.73 bits per heavy atom. The van der Waals surface area contributed by atoms with E-state index in [0.717, 1.165) is 28.6 Å². The van der Waals surface area contributed by atoms with Gasteiger partial charge in [0.1, 0.15) is 11.9 Å². The molecule has 1 N–H and O–H groups in total. The van der Waals surface area contributed by atoms with E-state index in [0.29, 0.717) is 5.92 Å². The normalized spacial score (nSPS) is 12.3. The highest BCUT2D eigenvalue weighted by molar-refractivity contribution is 6.31. The van der Waals surface area contributed by atoms with E-state index in [4.69, 9.17) is 16.3 Å². The lowest BCUT2D eigenvalue weighted by molar-refractivity contribution is 0.234. The summed E-state index contributed by atoms with van der Waals surface area (Å²) in [5.41, 5.74) is 3.45. The van der Waals surface area contributed by atoms with Crippen LogP contribution in [0.5, 0.6) is 5.75 Å². The van der Waals surface area contributed by atoms with Crippen molar-refractivity contribution in [1.29, 1.82) is 0 Å². The highest BCUT2D eigenvalue weighted by atomic mass is 35.5. The second-order valence-corrected chi connectivity index (χ2v) is 6.35. The highest BCUT2D eigenvalue weighted by Crippen LogP contribution is 2.23. The van der Waals surface area contributed by atoms with Crippen LogP contribution in [0, 0.1) is 6.92 Å². The van der Waals surface area contributed by atoms with Crippen LogP contribution in [0.3, 0.4) is 0 Å². The number of ether oxygens (including phenoxy) is 1. The third-order valence-electron chi connectivity index (χ3n) is 3.73. The Bertz CT molecular complexity index is 607. The van der Waals surface area contributed by atoms with E-state index >= 15 is 0 Å². The largest absolute Gasteiger partial charge is 0.489 e. The first kappa shape index (κ1) is 16.7. The van der Waals surface area contributed by atoms with E-state index in [1.165, 1.54) is 5.56 Å². The minimum absolute atomic E-state index is 0.0725. The Labute approximate surface area is 138 Å². The van der Waals surface area contributed by atoms with Gasteiger partial charge in [0.05, 0.1) is 6.54 Å². The van der Waals surface area contributed by atoms with Crippen LogP contribution >= 0.6 is 11.6 Å². The van der Waals surface area contributed by atoms with Crippen LogP contribution in [0.25, 0.3) is 0 Å². The predicted molar refractivity (Wildman–Crippen MR) is 95.3 cm³/mol. The molecule has 0 aromatic heterocycles. The Morgan fingerprint density at radius 3 is 2.36 bits per heavy atom. The van der Waals surface area contributed by atoms with Crippen molar-refractivity contribution in [1.82, 2.24) is 0 Å². The van der Waals surface area contributed by atoms with Crippen molar-refractivity contribution in [2.24, 2.45) is 0 Å². The SMILES string of the molecule is Cc1c(Cl)cccc1NCC(C)Oc1ccc(C(C)C)cc1. The molecule has 1 atom stereocenters. The molecule has 0 saturated heterocycles. The fraction of sp³-hybridized carbons (Fsp3) is 0.368. The van der Waals surface area contributed by atoms with Crippen molar-refractivity contribution in [3.63, 3.8) is 0 Å². The molecule has 0 saturated carbocycles. The number of hydrogen-bond acceptors (Lipinski definition) is 2. The first-order valence-corrected chi connectivity index (χ1v) is 8.10. The van der Waals surface area contributed by atoms with Gasteiger partial charge in [0.25, 0.3) is 0 Å². The Hall–Kier alpha value is -1.67. The van der Waals surface area contributed by atoms with Crippen LogP contribution in [0.4, 0.5) is 5.69 Å². The zero-order chi connectivity index (χ0) is 16.1. The van der Waals surface area contributed by atoms with Crippen LogP contribution in [0.2, 0.25) is 5.02 Å². The van der Waals surface area contributed by atoms with Crippen molar-refractivity contribution < 1.29 is 4.74 Å². The lowest BCUT2D eigenvalue weighted by atomic mass is 10.0. The lowest BCUT2D eigenvalue weighted by Crippen LogP contribution is -2.23. The standard InChI is InChI=1S/C19H24ClNO/c1-13(2)16-8-10-17(11-9-16)22-14(3)12-21-19-7-5-6-18(20)15(19)4/h5-11,13-14,21H,12H2,1-4H3. The summed E-state index contributed by atoms with van der Waals surface area (Å²) < 4.78 is 5.95. The average molecular weight is 318 g/mol. The van der Waals surface area contributed by atoms with Gasteiger partial charge in [-0.1, -0.05) is 43.6 Å². The van der Waals surface area contributed by atoms with E-state index in [1.54, 1.807) is 0 Å². The molecule has 0 spiro atoms. The van der Waals surface area contributed by atoms with Crippen LogP contribution in [-0.4, -0.2) is 12.6 Å². The molecule has 0 fully saturated rings. The monoisotopic (exact) mass is 317 g/mol. The fourth-order valence-electron chi connectivity index (χ4n) is 2.26. The predicted octanol–water partition coefficient (Wildman–Crippen LogP) is 5.65. The zero-order valence-electron chi connectivity index (χ0n) is 13.7. The number of anilines is 1. The molecule has 2 aromatic carbocycles. The van der Waals surface area contributed by atoms with Gasteiger partial charge in [0.15, 0.2) is 0 Å². The van der Waals surface area contributed by atoms with Gasteiger partial charge in [-0.05, 0) is 55.2 Å². The summed E-state index contributed by atoms with van der Waals surface area (Å²) in [6.07, 6.45) is 0.0725. The number of halogens is 1. The topological polar surface area (TPSA) is 21.3 Å². The van der Waals surface area contributed by atoms with Crippen LogP contribution in [-0.2, 0) is 0 Å². The molecule has 0 aliphatic rings. The number of nitrogens with one attached hydrogen (secondary N) is 1. The van der Waals surface area contributed by atoms with Gasteiger partial charge < -0.3 is 10.1 Å². The first-order chi connectivity index (χ1) is 10.5. The lowest BCUT2D eigenvalue weighted by Gasteiger charge is -2.18. The van der Waals surface area contributed by atoms with Gasteiger partial charge in [-0.2, -0.15) is 0 Å². The Morgan fingerprint density at radius 1 is 1.05 bits per heavy atom. The highest BCUT2D eigenvalue weighted by Gasteiger charge is 2.07. The van der Waals surface area contributed by atoms with Crippen molar-refractivity contribution in [2.45, 2.75) is 39.7 Å². The number of benzene rings is 2. The molecule has 2 aromatic rings. The van der Waals surface area contributed by atoms with Gasteiger partial charge >= 0.3 is 0 Å². The summed E-state index contributed by atoms with van der Waals surface area (Å²) in [7, 11) is 0. The molecule has 0 aliphatic carbocycles. The molecule has 0 heterocycles. The number of hydrogen-bond donors (Lipinski definition) is 1. The quantitative estimate of drug-likeness (QED) is 0.743.